The fourth-order valence-corrected chi connectivity index (χ4v) is 2.94. The summed E-state index contributed by atoms with van der Waals surface area (Å²) in [7, 11) is 0. The molecule has 148 valence electrons. The van der Waals surface area contributed by atoms with E-state index >= 15 is 0 Å². The molecule has 0 spiro atoms. The minimum absolute atomic E-state index is 0.0323. The van der Waals surface area contributed by atoms with Gasteiger partial charge in [0, 0.05) is 6.20 Å². The van der Waals surface area contributed by atoms with Gasteiger partial charge in [-0.2, -0.15) is 23.4 Å². The lowest BCUT2D eigenvalue weighted by molar-refractivity contribution is -0.141. The molecule has 3 rings (SSSR count). The number of amides is 1. The first-order valence-electron chi connectivity index (χ1n) is 8.02. The monoisotopic (exact) mass is 431 g/mol. The smallest absolute Gasteiger partial charge is 0.306 e. The maximum absolute atomic E-state index is 12.9. The van der Waals surface area contributed by atoms with E-state index in [9.17, 15) is 18.0 Å². The van der Waals surface area contributed by atoms with Gasteiger partial charge in [0.05, 0.1) is 17.3 Å². The number of alkyl halides is 3. The third kappa shape index (κ3) is 4.48. The van der Waals surface area contributed by atoms with Gasteiger partial charge in [-0.05, 0) is 12.5 Å². The van der Waals surface area contributed by atoms with Crippen LogP contribution in [-0.4, -0.2) is 25.5 Å². The molecule has 0 aliphatic heterocycles. The number of benzene rings is 1. The second-order valence-electron chi connectivity index (χ2n) is 5.96. The van der Waals surface area contributed by atoms with Crippen LogP contribution in [-0.2, 0) is 24.1 Å². The Hall–Kier alpha value is -2.52. The largest absolute Gasteiger partial charge is 0.436 e. The predicted molar refractivity (Wildman–Crippen MR) is 98.4 cm³/mol. The lowest BCUT2D eigenvalue weighted by Gasteiger charge is -2.05. The van der Waals surface area contributed by atoms with Gasteiger partial charge in [-0.25, -0.2) is 0 Å². The molecule has 0 aliphatic rings. The zero-order valence-electron chi connectivity index (χ0n) is 14.5. The number of halogens is 5. The van der Waals surface area contributed by atoms with Crippen molar-refractivity contribution in [1.82, 2.24) is 19.6 Å². The molecule has 0 fully saturated rings. The lowest BCUT2D eigenvalue weighted by Crippen LogP contribution is -2.21. The molecule has 0 saturated carbocycles. The van der Waals surface area contributed by atoms with E-state index in [1.807, 2.05) is 30.3 Å². The molecule has 28 heavy (non-hydrogen) atoms. The number of nitrogens with zero attached hydrogens (tertiary/aromatic N) is 4. The molecule has 2 heterocycles. The van der Waals surface area contributed by atoms with E-state index in [1.165, 1.54) is 6.92 Å². The predicted octanol–water partition coefficient (Wildman–Crippen LogP) is 4.40. The summed E-state index contributed by atoms with van der Waals surface area (Å²) >= 11 is 11.8. The fraction of sp³-hybridized carbons (Fsp3) is 0.235. The maximum atomic E-state index is 12.9. The summed E-state index contributed by atoms with van der Waals surface area (Å²) < 4.78 is 41.0. The van der Waals surface area contributed by atoms with Gasteiger partial charge in [0.1, 0.15) is 11.6 Å². The number of aromatic nitrogens is 4. The van der Waals surface area contributed by atoms with Crippen LogP contribution in [0.15, 0.2) is 36.5 Å². The van der Waals surface area contributed by atoms with Crippen LogP contribution in [0, 0.1) is 6.92 Å². The van der Waals surface area contributed by atoms with Crippen LogP contribution in [0.1, 0.15) is 17.0 Å². The summed E-state index contributed by atoms with van der Waals surface area (Å²) in [6.45, 7) is 1.32. The van der Waals surface area contributed by atoms with Crippen molar-refractivity contribution >= 4 is 34.9 Å². The van der Waals surface area contributed by atoms with Crippen molar-refractivity contribution < 1.29 is 18.0 Å². The van der Waals surface area contributed by atoms with E-state index in [0.29, 0.717) is 6.54 Å². The highest BCUT2D eigenvalue weighted by atomic mass is 35.5. The molecule has 1 aromatic carbocycles. The lowest BCUT2D eigenvalue weighted by atomic mass is 10.2. The van der Waals surface area contributed by atoms with Gasteiger partial charge >= 0.3 is 6.18 Å². The molecule has 0 bridgehead atoms. The van der Waals surface area contributed by atoms with Crippen molar-refractivity contribution in [2.45, 2.75) is 26.2 Å². The molecule has 0 aliphatic carbocycles. The highest BCUT2D eigenvalue weighted by Crippen LogP contribution is 2.35. The van der Waals surface area contributed by atoms with Gasteiger partial charge < -0.3 is 5.32 Å². The minimum Gasteiger partial charge on any atom is -0.306 e. The molecule has 0 atom stereocenters. The van der Waals surface area contributed by atoms with Gasteiger partial charge in [-0.3, -0.25) is 14.2 Å². The molecule has 1 amide bonds. The average Bonchev–Trinajstić information content (AvgIpc) is 3.09. The Kier molecular flexibility index (Phi) is 5.66. The summed E-state index contributed by atoms with van der Waals surface area (Å²) in [6, 6.07) is 9.48. The van der Waals surface area contributed by atoms with Crippen LogP contribution in [0.5, 0.6) is 0 Å². The normalized spacial score (nSPS) is 11.6. The minimum atomic E-state index is -4.71. The Morgan fingerprint density at radius 3 is 2.46 bits per heavy atom. The highest BCUT2D eigenvalue weighted by Gasteiger charge is 2.38. The van der Waals surface area contributed by atoms with E-state index in [2.05, 4.69) is 15.5 Å². The Bertz CT molecular complexity index is 998. The number of carbonyl (C=O) groups is 1. The maximum Gasteiger partial charge on any atom is 0.436 e. The summed E-state index contributed by atoms with van der Waals surface area (Å²) in [5.41, 5.74) is -0.212. The SMILES string of the molecule is Cc1c(Cl)c(C(F)(F)F)nn1CC(=O)Nc1nn(Cc2ccccc2)cc1Cl. The van der Waals surface area contributed by atoms with Crippen molar-refractivity contribution in [2.75, 3.05) is 5.32 Å². The first-order chi connectivity index (χ1) is 13.1. The van der Waals surface area contributed by atoms with Crippen LogP contribution >= 0.6 is 23.2 Å². The molecule has 2 aromatic heterocycles. The van der Waals surface area contributed by atoms with Gasteiger partial charge in [0.25, 0.3) is 0 Å². The third-order valence-corrected chi connectivity index (χ3v) is 4.59. The average molecular weight is 432 g/mol. The molecule has 0 saturated heterocycles. The summed E-state index contributed by atoms with van der Waals surface area (Å²) in [6.07, 6.45) is -3.16. The van der Waals surface area contributed by atoms with Gasteiger partial charge in [-0.15, -0.1) is 0 Å². The van der Waals surface area contributed by atoms with Gasteiger partial charge in [0.2, 0.25) is 5.91 Å². The van der Waals surface area contributed by atoms with Crippen molar-refractivity contribution in [3.63, 3.8) is 0 Å². The number of hydrogen-bond donors (Lipinski definition) is 1. The van der Waals surface area contributed by atoms with Crippen molar-refractivity contribution in [1.29, 1.82) is 0 Å². The zero-order chi connectivity index (χ0) is 20.5. The van der Waals surface area contributed by atoms with E-state index < -0.39 is 29.3 Å². The molecule has 0 unspecified atom stereocenters. The molecule has 3 aromatic rings. The van der Waals surface area contributed by atoms with E-state index in [4.69, 9.17) is 23.2 Å². The van der Waals surface area contributed by atoms with Crippen molar-refractivity contribution in [2.24, 2.45) is 0 Å². The first-order valence-corrected chi connectivity index (χ1v) is 8.77. The number of hydrogen-bond acceptors (Lipinski definition) is 3. The number of rotatable bonds is 5. The van der Waals surface area contributed by atoms with Crippen LogP contribution in [0.4, 0.5) is 19.0 Å². The Morgan fingerprint density at radius 2 is 1.86 bits per heavy atom. The molecule has 6 nitrogen and oxygen atoms in total. The summed E-state index contributed by atoms with van der Waals surface area (Å²) in [5, 5.41) is 9.71. The Balaban J connectivity index is 1.71. The third-order valence-electron chi connectivity index (χ3n) is 3.86. The van der Waals surface area contributed by atoms with E-state index in [1.54, 1.807) is 10.9 Å². The highest BCUT2D eigenvalue weighted by molar-refractivity contribution is 6.33. The number of nitrogens with one attached hydrogen (secondary N) is 1. The second kappa shape index (κ2) is 7.84. The molecule has 11 heteroatoms. The molecule has 1 N–H and O–H groups in total. The van der Waals surface area contributed by atoms with Crippen LogP contribution in [0.2, 0.25) is 10.0 Å². The second-order valence-corrected chi connectivity index (χ2v) is 6.75. The quantitative estimate of drug-likeness (QED) is 0.650. The van der Waals surface area contributed by atoms with Crippen molar-refractivity contribution in [3.05, 3.63) is 63.5 Å². The standard InChI is InChI=1S/C17H14Cl2F3N5O/c1-10-14(19)15(17(20,21)22)24-27(10)9-13(28)23-16-12(18)8-26(25-16)7-11-5-3-2-4-6-11/h2-6,8H,7,9H2,1H3,(H,23,25,28). The van der Waals surface area contributed by atoms with Crippen LogP contribution in [0.3, 0.4) is 0 Å². The Morgan fingerprint density at radius 1 is 1.18 bits per heavy atom. The summed E-state index contributed by atoms with van der Waals surface area (Å²) in [4.78, 5) is 12.2. The van der Waals surface area contributed by atoms with Crippen LogP contribution < -0.4 is 5.32 Å². The van der Waals surface area contributed by atoms with E-state index in [-0.39, 0.29) is 16.5 Å². The first kappa shape index (κ1) is 20.2. The van der Waals surface area contributed by atoms with E-state index in [0.717, 1.165) is 10.2 Å². The van der Waals surface area contributed by atoms with Gasteiger partial charge in [-0.1, -0.05) is 53.5 Å². The molecular weight excluding hydrogens is 418 g/mol. The summed E-state index contributed by atoms with van der Waals surface area (Å²) in [5.74, 6) is -0.530. The molecular formula is C17H14Cl2F3N5O. The number of anilines is 1. The molecule has 0 radical (unpaired) electrons. The topological polar surface area (TPSA) is 64.7 Å². The zero-order valence-corrected chi connectivity index (χ0v) is 16.0. The number of carbonyl (C=O) groups excluding carboxylic acids is 1. The Labute approximate surface area is 167 Å². The van der Waals surface area contributed by atoms with Gasteiger partial charge in [0.15, 0.2) is 11.5 Å². The van der Waals surface area contributed by atoms with Crippen LogP contribution in [0.25, 0.3) is 0 Å². The van der Waals surface area contributed by atoms with Crippen molar-refractivity contribution in [3.8, 4) is 0 Å². The fourth-order valence-electron chi connectivity index (χ4n) is 2.50.